The second-order valence-electron chi connectivity index (χ2n) is 17.6. The van der Waals surface area contributed by atoms with Crippen LogP contribution in [0.4, 0.5) is 8.78 Å². The van der Waals surface area contributed by atoms with E-state index in [4.69, 9.17) is 111 Å². The second kappa shape index (κ2) is 26.8. The SMILES string of the molecule is C=C1N=C(N)C(F)=CN1[C@@H]1O[C@@](CO)(CCl)[C@@H](O)[C@H]1Cl.C=C1N=C(N)C=CN1[C@@H]1O[C@@](CO)(N=[N+]=[N-])[C@@H](O)[C@H]1Cl.C=C1NC(=O)C(F)=CN1[C@@H]1O[C@@](CO)(CCl)[C@@H](O)[C@H]1Cl.C=C1NC(=O)C=CN1[C@@H]1O[C@@](CO)(N=[N+]=[N-])[C@@H](O)[C@H]1Cl. The fraction of sp³-hybridized carbons (Fsp3) is 0.524. The van der Waals surface area contributed by atoms with E-state index in [1.165, 1.54) is 39.3 Å². The van der Waals surface area contributed by atoms with Crippen LogP contribution in [0.2, 0.25) is 0 Å². The van der Waals surface area contributed by atoms with E-state index in [-0.39, 0.29) is 52.6 Å². The molecule has 0 saturated carbocycles. The smallest absolute Gasteiger partial charge is 0.287 e. The van der Waals surface area contributed by atoms with Gasteiger partial charge in [0.2, 0.25) is 5.83 Å². The van der Waals surface area contributed by atoms with Crippen LogP contribution in [0.1, 0.15) is 0 Å². The molecule has 4 fully saturated rings. The Morgan fingerprint density at radius 2 is 1.04 bits per heavy atom. The van der Waals surface area contributed by atoms with Crippen LogP contribution in [0.3, 0.4) is 0 Å². The number of aliphatic imine (C=N–C) groups is 2. The Bertz CT molecular complexity index is 2710. The molecule has 38 heteroatoms. The zero-order valence-electron chi connectivity index (χ0n) is 41.0. The Balaban J connectivity index is 0.000000196. The van der Waals surface area contributed by atoms with E-state index in [9.17, 15) is 59.2 Å². The number of alkyl halides is 6. The van der Waals surface area contributed by atoms with Gasteiger partial charge in [0.05, 0.1) is 38.2 Å². The van der Waals surface area contributed by atoms with Crippen molar-refractivity contribution in [1.29, 1.82) is 0 Å². The number of aliphatic hydroxyl groups excluding tert-OH is 8. The van der Waals surface area contributed by atoms with Crippen LogP contribution in [0.25, 0.3) is 20.9 Å². The minimum Gasteiger partial charge on any atom is -0.393 e. The molecule has 80 heavy (non-hydrogen) atoms. The molecule has 0 bridgehead atoms. The molecular weight excluding hydrogens is 1200 g/mol. The first-order valence-corrected chi connectivity index (χ1v) is 25.4. The molecule has 8 aliphatic heterocycles. The Morgan fingerprint density at radius 3 is 1.46 bits per heavy atom. The van der Waals surface area contributed by atoms with Gasteiger partial charge < -0.3 is 102 Å². The fourth-order valence-corrected chi connectivity index (χ4v) is 10.3. The monoisotopic (exact) mass is 1250 g/mol. The van der Waals surface area contributed by atoms with E-state index in [0.717, 1.165) is 17.3 Å². The molecule has 0 aromatic carbocycles. The van der Waals surface area contributed by atoms with Crippen molar-refractivity contribution in [3.8, 4) is 0 Å². The number of rotatable bonds is 12. The normalized spacial score (nSPS) is 37.4. The maximum Gasteiger partial charge on any atom is 0.287 e. The van der Waals surface area contributed by atoms with Gasteiger partial charge in [-0.15, -0.1) is 69.6 Å². The van der Waals surface area contributed by atoms with Crippen molar-refractivity contribution >= 4 is 93.1 Å². The molecule has 16 atom stereocenters. The molecule has 0 unspecified atom stereocenters. The van der Waals surface area contributed by atoms with Gasteiger partial charge in [-0.2, -0.15) is 4.39 Å². The highest BCUT2D eigenvalue weighted by atomic mass is 35.5. The van der Waals surface area contributed by atoms with Gasteiger partial charge in [0.1, 0.15) is 86.2 Å². The third-order valence-electron chi connectivity index (χ3n) is 12.6. The van der Waals surface area contributed by atoms with E-state index in [1.807, 2.05) is 0 Å². The molecule has 8 aliphatic rings. The molecule has 14 N–H and O–H groups in total. The summed E-state index contributed by atoms with van der Waals surface area (Å²) in [6.07, 6.45) is -1.67. The molecular formula is C42H52Cl6F2N16O14. The molecule has 30 nitrogen and oxygen atoms in total. The molecule has 0 aromatic heterocycles. The van der Waals surface area contributed by atoms with Gasteiger partial charge in [0.15, 0.2) is 48.0 Å². The molecule has 440 valence electrons. The topological polar surface area (TPSA) is 444 Å². The van der Waals surface area contributed by atoms with Crippen molar-refractivity contribution < 1.29 is 78.2 Å². The van der Waals surface area contributed by atoms with Crippen LogP contribution in [0.5, 0.6) is 0 Å². The fourth-order valence-electron chi connectivity index (χ4n) is 8.11. The van der Waals surface area contributed by atoms with Crippen LogP contribution in [0, 0.1) is 0 Å². The number of nitrogens with two attached hydrogens (primary N) is 2. The Morgan fingerprint density at radius 1 is 0.625 bits per heavy atom. The molecule has 0 spiro atoms. The highest BCUT2D eigenvalue weighted by Crippen LogP contribution is 2.43. The highest BCUT2D eigenvalue weighted by molar-refractivity contribution is 6.23. The third kappa shape index (κ3) is 12.8. The summed E-state index contributed by atoms with van der Waals surface area (Å²) in [6, 6.07) is 0. The molecule has 0 aliphatic carbocycles. The van der Waals surface area contributed by atoms with Gasteiger partial charge in [-0.05, 0) is 17.1 Å². The Hall–Kier alpha value is -5.26. The Labute approximate surface area is 481 Å². The van der Waals surface area contributed by atoms with Gasteiger partial charge in [-0.25, -0.2) is 14.4 Å². The molecule has 0 aromatic rings. The van der Waals surface area contributed by atoms with Crippen LogP contribution in [0.15, 0.2) is 118 Å². The van der Waals surface area contributed by atoms with Crippen LogP contribution in [-0.2, 0) is 28.5 Å². The highest BCUT2D eigenvalue weighted by Gasteiger charge is 2.59. The lowest BCUT2D eigenvalue weighted by Gasteiger charge is -2.33. The first kappa shape index (κ1) is 65.5. The van der Waals surface area contributed by atoms with Gasteiger partial charge in [-0.3, -0.25) is 9.59 Å². The third-order valence-corrected chi connectivity index (χ3v) is 15.4. The first-order chi connectivity index (χ1) is 37.6. The molecule has 2 amide bonds. The lowest BCUT2D eigenvalue weighted by atomic mass is 10.00. The van der Waals surface area contributed by atoms with Crippen LogP contribution >= 0.6 is 69.6 Å². The minimum atomic E-state index is -1.87. The Kier molecular flexibility index (Phi) is 21.9. The number of nitrogens with zero attached hydrogens (tertiary/aromatic N) is 12. The summed E-state index contributed by atoms with van der Waals surface area (Å²) < 4.78 is 48.8. The minimum absolute atomic E-state index is 0.0440. The number of carbonyl (C=O) groups excluding carboxylic acids is 2. The number of amides is 2. The number of azide groups is 2. The predicted octanol–water partition coefficient (Wildman–Crippen LogP) is -0.0752. The first-order valence-electron chi connectivity index (χ1n) is 22.6. The van der Waals surface area contributed by atoms with E-state index >= 15 is 0 Å². The van der Waals surface area contributed by atoms with Crippen molar-refractivity contribution in [2.45, 2.75) is 93.5 Å². The lowest BCUT2D eigenvalue weighted by molar-refractivity contribution is -0.132. The zero-order chi connectivity index (χ0) is 60.0. The molecule has 8 heterocycles. The van der Waals surface area contributed by atoms with Gasteiger partial charge >= 0.3 is 0 Å². The van der Waals surface area contributed by atoms with Crippen molar-refractivity contribution in [3.05, 3.63) is 119 Å². The summed E-state index contributed by atoms with van der Waals surface area (Å²) in [4.78, 5) is 40.2. The van der Waals surface area contributed by atoms with E-state index in [1.54, 1.807) is 0 Å². The summed E-state index contributed by atoms with van der Waals surface area (Å²) in [5.41, 5.74) is 21.3. The van der Waals surface area contributed by atoms with Gasteiger partial charge in [0.25, 0.3) is 11.8 Å². The number of halogens is 8. The van der Waals surface area contributed by atoms with E-state index < -0.39 is 137 Å². The van der Waals surface area contributed by atoms with Gasteiger partial charge in [-0.1, -0.05) is 36.5 Å². The van der Waals surface area contributed by atoms with E-state index in [2.05, 4.69) is 67.0 Å². The number of nitrogens with one attached hydrogen (secondary N) is 2. The average molecular weight is 1260 g/mol. The number of hydrogen-bond donors (Lipinski definition) is 12. The summed E-state index contributed by atoms with van der Waals surface area (Å²) in [7, 11) is 0. The van der Waals surface area contributed by atoms with E-state index in [0.29, 0.717) is 0 Å². The standard InChI is InChI=1S/C11H14Cl2FN3O3.C11H13Cl2FN2O4.C10H13ClN6O3.C10H12ClN5O4/c1-5-16-9(15)6(14)2-17(5)10-7(13)8(19)11(3-12,4-18)20-10;1-5-15-9(19)6(14)2-16(5)10-7(13)8(18)11(3-12,4-17)20-10;1-5-14-6(12)2-3-17(5)9-7(11)8(19)10(4-18,20-9)15-16-13;1-5-13-6(18)2-3-16(5)9-7(11)8(19)10(4-17,20-9)14-15-12/h2,7-8,10,18-19H,1,3-4H2,(H2,15,16);2,7-8,10,17-18H,1,3-4H2,(H,15,19);2-3,7-9,18-19H,1,4H2,(H2,12,14);2-3,7-9,17,19H,1,4H2,(H,13,18)/t2*7-,8+,10-,11-;2*7-,8+,9-,10-/m1111/s1. The van der Waals surface area contributed by atoms with Crippen molar-refractivity contribution in [2.75, 3.05) is 38.2 Å². The summed E-state index contributed by atoms with van der Waals surface area (Å²) in [5, 5.41) is 84.9. The summed E-state index contributed by atoms with van der Waals surface area (Å²) in [5.74, 6) is -2.94. The van der Waals surface area contributed by atoms with Crippen molar-refractivity contribution in [3.63, 3.8) is 0 Å². The van der Waals surface area contributed by atoms with Crippen LogP contribution in [-0.4, -0.2) is 216 Å². The lowest BCUT2D eigenvalue weighted by Crippen LogP contribution is -2.47. The van der Waals surface area contributed by atoms with Crippen molar-refractivity contribution in [1.82, 2.24) is 30.2 Å². The molecule has 4 saturated heterocycles. The molecule has 0 radical (unpaired) electrons. The number of aliphatic hydroxyl groups is 8. The maximum absolute atomic E-state index is 13.5. The quantitative estimate of drug-likeness (QED) is 0.0526. The second-order valence-corrected chi connectivity index (χ2v) is 20.2. The molecule has 8 rings (SSSR count). The number of ether oxygens (including phenoxy) is 4. The summed E-state index contributed by atoms with van der Waals surface area (Å²) in [6.45, 7) is 11.9. The number of amidine groups is 2. The van der Waals surface area contributed by atoms with Crippen molar-refractivity contribution in [2.24, 2.45) is 31.7 Å². The number of carbonyl (C=O) groups is 2. The van der Waals surface area contributed by atoms with Gasteiger partial charge in [0, 0.05) is 40.7 Å². The zero-order valence-corrected chi connectivity index (χ0v) is 45.6. The number of hydrogen-bond acceptors (Lipinski definition) is 24. The predicted molar refractivity (Wildman–Crippen MR) is 281 cm³/mol. The largest absolute Gasteiger partial charge is 0.393 e. The summed E-state index contributed by atoms with van der Waals surface area (Å²) >= 11 is 35.8. The average Bonchev–Trinajstić information content (AvgIpc) is 4.03. The maximum atomic E-state index is 13.5. The van der Waals surface area contributed by atoms with Crippen LogP contribution < -0.4 is 22.1 Å².